The van der Waals surface area contributed by atoms with Crippen molar-refractivity contribution in [3.8, 4) is 0 Å². The fraction of sp³-hybridized carbons (Fsp3) is 0.500. The number of ketones is 1. The first kappa shape index (κ1) is 25.3. The van der Waals surface area contributed by atoms with Gasteiger partial charge in [-0.2, -0.15) is 0 Å². The first-order valence-electron chi connectivity index (χ1n) is 13.4. The molecule has 1 fully saturated rings. The number of amides is 1. The molecule has 2 aliphatic rings. The number of imidazole rings is 1. The smallest absolute Gasteiger partial charge is 0.414 e. The van der Waals surface area contributed by atoms with Gasteiger partial charge in [-0.25, -0.2) is 9.78 Å². The van der Waals surface area contributed by atoms with Crippen molar-refractivity contribution in [2.45, 2.75) is 70.9 Å². The van der Waals surface area contributed by atoms with Crippen molar-refractivity contribution < 1.29 is 14.3 Å². The predicted octanol–water partition coefficient (Wildman–Crippen LogP) is 5.92. The number of nitrogens with zero attached hydrogens (tertiary/aromatic N) is 4. The standard InChI is InChI=1S/C30H38N4O3/c1-19-6-15-25-26(33(19)30(36)37-5)16-17-27-29(25)31-28(18-21-7-11-23(12-8-21)32(3)4)34(27)24-13-9-22(10-14-24)20(2)35/h7-8,11-12,16-17,19,22,24H,6,9-10,13-15,18H2,1-5H3/t19-,22?,24?/m0/s1. The van der Waals surface area contributed by atoms with Crippen molar-refractivity contribution in [1.29, 1.82) is 0 Å². The fourth-order valence-corrected chi connectivity index (χ4v) is 6.19. The third-order valence-corrected chi connectivity index (χ3v) is 8.35. The maximum absolute atomic E-state index is 12.6. The number of hydrogen-bond donors (Lipinski definition) is 0. The van der Waals surface area contributed by atoms with Gasteiger partial charge in [0.05, 0.1) is 23.8 Å². The fourth-order valence-electron chi connectivity index (χ4n) is 6.19. The zero-order valence-corrected chi connectivity index (χ0v) is 22.7. The number of aromatic nitrogens is 2. The Kier molecular flexibility index (Phi) is 6.97. The molecule has 0 unspecified atom stereocenters. The molecule has 0 bridgehead atoms. The average Bonchev–Trinajstić information content (AvgIpc) is 3.26. The maximum Gasteiger partial charge on any atom is 0.414 e. The highest BCUT2D eigenvalue weighted by atomic mass is 16.5. The number of methoxy groups -OCH3 is 1. The number of rotatable bonds is 5. The molecule has 37 heavy (non-hydrogen) atoms. The van der Waals surface area contributed by atoms with Crippen LogP contribution >= 0.6 is 0 Å². The van der Waals surface area contributed by atoms with Gasteiger partial charge in [0.1, 0.15) is 11.6 Å². The van der Waals surface area contributed by atoms with Crippen LogP contribution in [0, 0.1) is 5.92 Å². The van der Waals surface area contributed by atoms with Crippen LogP contribution in [0.3, 0.4) is 0 Å². The summed E-state index contributed by atoms with van der Waals surface area (Å²) in [6.45, 7) is 3.79. The molecule has 7 heteroatoms. The second kappa shape index (κ2) is 10.2. The summed E-state index contributed by atoms with van der Waals surface area (Å²) in [4.78, 5) is 33.8. The summed E-state index contributed by atoms with van der Waals surface area (Å²) >= 11 is 0. The van der Waals surface area contributed by atoms with Crippen molar-refractivity contribution in [3.63, 3.8) is 0 Å². The van der Waals surface area contributed by atoms with Crippen molar-refractivity contribution >= 4 is 34.3 Å². The summed E-state index contributed by atoms with van der Waals surface area (Å²) in [5.74, 6) is 1.53. The molecule has 0 saturated heterocycles. The van der Waals surface area contributed by atoms with Crippen LogP contribution in [0.1, 0.15) is 68.9 Å². The van der Waals surface area contributed by atoms with Crippen molar-refractivity contribution in [2.24, 2.45) is 5.92 Å². The number of anilines is 2. The van der Waals surface area contributed by atoms with Crippen LogP contribution in [-0.2, 0) is 22.4 Å². The molecule has 0 N–H and O–H groups in total. The van der Waals surface area contributed by atoms with Gasteiger partial charge in [0.25, 0.3) is 0 Å². The number of aryl methyl sites for hydroxylation is 1. The normalized spacial score (nSPS) is 21.5. The zero-order chi connectivity index (χ0) is 26.3. The summed E-state index contributed by atoms with van der Waals surface area (Å²) in [5, 5.41) is 0. The first-order chi connectivity index (χ1) is 17.8. The molecule has 0 radical (unpaired) electrons. The lowest BCUT2D eigenvalue weighted by molar-refractivity contribution is -0.121. The van der Waals surface area contributed by atoms with E-state index in [2.05, 4.69) is 52.8 Å². The Morgan fingerprint density at radius 3 is 2.35 bits per heavy atom. The summed E-state index contributed by atoms with van der Waals surface area (Å²) in [7, 11) is 5.54. The highest BCUT2D eigenvalue weighted by Crippen LogP contribution is 2.40. The minimum absolute atomic E-state index is 0.0797. The van der Waals surface area contributed by atoms with Crippen molar-refractivity contribution in [3.05, 3.63) is 53.3 Å². The number of ether oxygens (including phenoxy) is 1. The number of fused-ring (bicyclic) bond motifs is 3. The molecule has 1 aliphatic heterocycles. The number of Topliss-reactive ketones (excluding diaryl/α,β-unsaturated/α-hetero) is 1. The number of carbonyl (C=O) groups excluding carboxylic acids is 2. The highest BCUT2D eigenvalue weighted by Gasteiger charge is 2.33. The van der Waals surface area contributed by atoms with E-state index in [0.717, 1.165) is 73.1 Å². The predicted molar refractivity (Wildman–Crippen MR) is 148 cm³/mol. The number of carbonyl (C=O) groups is 2. The Morgan fingerprint density at radius 1 is 1.03 bits per heavy atom. The van der Waals surface area contributed by atoms with Gasteiger partial charge in [-0.15, -0.1) is 0 Å². The van der Waals surface area contributed by atoms with E-state index in [4.69, 9.17) is 9.72 Å². The topological polar surface area (TPSA) is 67.7 Å². The van der Waals surface area contributed by atoms with Gasteiger partial charge in [-0.05, 0) is 82.2 Å². The molecule has 1 aliphatic carbocycles. The Morgan fingerprint density at radius 2 is 1.73 bits per heavy atom. The van der Waals surface area contributed by atoms with Crippen LogP contribution in [0.5, 0.6) is 0 Å². The van der Waals surface area contributed by atoms with Crippen LogP contribution in [0.2, 0.25) is 0 Å². The molecular weight excluding hydrogens is 464 g/mol. The van der Waals surface area contributed by atoms with E-state index in [0.29, 0.717) is 11.8 Å². The summed E-state index contributed by atoms with van der Waals surface area (Å²) < 4.78 is 7.56. The van der Waals surface area contributed by atoms with Gasteiger partial charge in [-0.3, -0.25) is 9.69 Å². The third kappa shape index (κ3) is 4.72. The van der Waals surface area contributed by atoms with E-state index in [1.165, 1.54) is 18.4 Å². The van der Waals surface area contributed by atoms with E-state index in [1.54, 1.807) is 11.8 Å². The minimum atomic E-state index is -0.323. The molecule has 196 valence electrons. The van der Waals surface area contributed by atoms with E-state index in [-0.39, 0.29) is 18.1 Å². The largest absolute Gasteiger partial charge is 0.452 e. The molecule has 5 rings (SSSR count). The molecular formula is C30H38N4O3. The van der Waals surface area contributed by atoms with Gasteiger partial charge in [0.15, 0.2) is 0 Å². The lowest BCUT2D eigenvalue weighted by Gasteiger charge is -2.34. The van der Waals surface area contributed by atoms with Gasteiger partial charge < -0.3 is 14.2 Å². The van der Waals surface area contributed by atoms with E-state index in [9.17, 15) is 9.59 Å². The third-order valence-electron chi connectivity index (χ3n) is 8.35. The van der Waals surface area contributed by atoms with Gasteiger partial charge in [-0.1, -0.05) is 12.1 Å². The second-order valence-electron chi connectivity index (χ2n) is 10.9. The lowest BCUT2D eigenvalue weighted by atomic mass is 9.83. The zero-order valence-electron chi connectivity index (χ0n) is 22.7. The molecule has 1 aromatic heterocycles. The monoisotopic (exact) mass is 502 g/mol. The average molecular weight is 503 g/mol. The summed E-state index contributed by atoms with van der Waals surface area (Å²) in [6.07, 6.45) is 5.97. The van der Waals surface area contributed by atoms with E-state index in [1.807, 2.05) is 14.1 Å². The molecule has 2 heterocycles. The van der Waals surface area contributed by atoms with Gasteiger partial charge in [0.2, 0.25) is 0 Å². The molecule has 7 nitrogen and oxygen atoms in total. The highest BCUT2D eigenvalue weighted by molar-refractivity contribution is 5.95. The van der Waals surface area contributed by atoms with Crippen molar-refractivity contribution in [1.82, 2.24) is 9.55 Å². The molecule has 0 spiro atoms. The van der Waals surface area contributed by atoms with Crippen LogP contribution < -0.4 is 9.80 Å². The molecule has 3 aromatic rings. The molecule has 1 saturated carbocycles. The van der Waals surface area contributed by atoms with Gasteiger partial charge in [0, 0.05) is 49.8 Å². The quantitative estimate of drug-likeness (QED) is 0.433. The Balaban J connectivity index is 1.59. The molecule has 2 aromatic carbocycles. The SMILES string of the molecule is COC(=O)N1c2ccc3c(nc(Cc4ccc(N(C)C)cc4)n3C3CCC(C(C)=O)CC3)c2CC[C@@H]1C. The summed E-state index contributed by atoms with van der Waals surface area (Å²) in [5.41, 5.74) is 6.55. The molecule has 1 amide bonds. The van der Waals surface area contributed by atoms with E-state index < -0.39 is 0 Å². The maximum atomic E-state index is 12.6. The number of benzene rings is 2. The van der Waals surface area contributed by atoms with Crippen LogP contribution in [0.4, 0.5) is 16.2 Å². The van der Waals surface area contributed by atoms with Gasteiger partial charge >= 0.3 is 6.09 Å². The van der Waals surface area contributed by atoms with Crippen LogP contribution in [-0.4, -0.2) is 48.7 Å². The second-order valence-corrected chi connectivity index (χ2v) is 10.9. The van der Waals surface area contributed by atoms with Crippen molar-refractivity contribution in [2.75, 3.05) is 31.0 Å². The number of hydrogen-bond acceptors (Lipinski definition) is 5. The summed E-state index contributed by atoms with van der Waals surface area (Å²) in [6, 6.07) is 13.3. The Hall–Kier alpha value is -3.35. The minimum Gasteiger partial charge on any atom is -0.452 e. The Bertz CT molecular complexity index is 1300. The Labute approximate surface area is 219 Å². The van der Waals surface area contributed by atoms with E-state index >= 15 is 0 Å². The van der Waals surface area contributed by atoms with Crippen LogP contribution in [0.15, 0.2) is 36.4 Å². The first-order valence-corrected chi connectivity index (χ1v) is 13.4. The van der Waals surface area contributed by atoms with Crippen LogP contribution in [0.25, 0.3) is 11.0 Å². The lowest BCUT2D eigenvalue weighted by Crippen LogP contribution is -2.42. The molecule has 1 atom stereocenters.